The molecule has 0 unspecified atom stereocenters. The van der Waals surface area contributed by atoms with E-state index in [4.69, 9.17) is 28.2 Å². The van der Waals surface area contributed by atoms with Gasteiger partial charge in [0.2, 0.25) is 0 Å². The van der Waals surface area contributed by atoms with Gasteiger partial charge in [-0.2, -0.15) is 5.26 Å². The maximum Gasteiger partial charge on any atom is 0.192 e. The van der Waals surface area contributed by atoms with Crippen LogP contribution in [-0.4, -0.2) is 0 Å². The highest BCUT2D eigenvalue weighted by atomic mass is 35.5. The molecular weight excluding hydrogens is 260 g/mol. The van der Waals surface area contributed by atoms with Gasteiger partial charge in [0.25, 0.3) is 0 Å². The summed E-state index contributed by atoms with van der Waals surface area (Å²) in [5.74, 6) is 1.06. The summed E-state index contributed by atoms with van der Waals surface area (Å²) in [5, 5.41) is 9.49. The van der Waals surface area contributed by atoms with Crippen LogP contribution in [0.5, 0.6) is 11.5 Å². The minimum Gasteiger partial charge on any atom is -0.458 e. The van der Waals surface area contributed by atoms with Crippen molar-refractivity contribution < 1.29 is 4.74 Å². The smallest absolute Gasteiger partial charge is 0.192 e. The summed E-state index contributed by atoms with van der Waals surface area (Å²) in [6.45, 7) is 8.91. The van der Waals surface area contributed by atoms with Crippen molar-refractivity contribution in [3.8, 4) is 17.6 Å². The van der Waals surface area contributed by atoms with Crippen LogP contribution in [0.25, 0.3) is 4.85 Å². The number of nitriles is 1. The summed E-state index contributed by atoms with van der Waals surface area (Å²) in [7, 11) is 0. The molecule has 0 spiro atoms. The first-order valence-electron chi connectivity index (χ1n) is 5.49. The molecule has 0 aliphatic heterocycles. The lowest BCUT2D eigenvalue weighted by atomic mass is 10.2. The third-order valence-corrected chi connectivity index (χ3v) is 2.76. The average Bonchev–Trinajstić information content (AvgIpc) is 2.42. The topological polar surface area (TPSA) is 37.4 Å². The van der Waals surface area contributed by atoms with Crippen LogP contribution in [-0.2, 0) is 0 Å². The SMILES string of the molecule is [C-]#[N+]c1cc(C#N)cc(Oc2cc(Cl)ccc2C)c1. The van der Waals surface area contributed by atoms with Crippen molar-refractivity contribution in [3.05, 3.63) is 64.0 Å². The molecule has 0 atom stereocenters. The Bertz CT molecular complexity index is 679. The van der Waals surface area contributed by atoms with Crippen LogP contribution in [0.2, 0.25) is 5.02 Å². The van der Waals surface area contributed by atoms with Crippen LogP contribution in [0, 0.1) is 24.8 Å². The predicted octanol–water partition coefficient (Wildman–Crippen LogP) is 4.86. The first-order valence-corrected chi connectivity index (χ1v) is 5.87. The molecule has 0 amide bonds. The van der Waals surface area contributed by atoms with E-state index >= 15 is 0 Å². The van der Waals surface area contributed by atoms with Gasteiger partial charge in [-0.25, -0.2) is 4.85 Å². The normalized spacial score (nSPS) is 9.47. The molecule has 0 aliphatic rings. The van der Waals surface area contributed by atoms with E-state index < -0.39 is 0 Å². The van der Waals surface area contributed by atoms with Crippen LogP contribution in [0.1, 0.15) is 11.1 Å². The predicted molar refractivity (Wildman–Crippen MR) is 73.7 cm³/mol. The van der Waals surface area contributed by atoms with E-state index in [1.165, 1.54) is 6.07 Å². The molecule has 2 aromatic rings. The molecule has 0 aliphatic carbocycles. The summed E-state index contributed by atoms with van der Waals surface area (Å²) < 4.78 is 5.70. The lowest BCUT2D eigenvalue weighted by molar-refractivity contribution is 0.479. The number of benzene rings is 2. The highest BCUT2D eigenvalue weighted by Gasteiger charge is 2.06. The van der Waals surface area contributed by atoms with Gasteiger partial charge in [-0.3, -0.25) is 0 Å². The van der Waals surface area contributed by atoms with Gasteiger partial charge in [0.1, 0.15) is 11.5 Å². The number of hydrogen-bond acceptors (Lipinski definition) is 2. The van der Waals surface area contributed by atoms with Gasteiger partial charge in [-0.1, -0.05) is 17.7 Å². The zero-order valence-electron chi connectivity index (χ0n) is 10.1. The first-order chi connectivity index (χ1) is 9.12. The molecule has 92 valence electrons. The van der Waals surface area contributed by atoms with Crippen LogP contribution in [0.15, 0.2) is 36.4 Å². The van der Waals surface area contributed by atoms with Crippen molar-refractivity contribution in [2.24, 2.45) is 0 Å². The van der Waals surface area contributed by atoms with Gasteiger partial charge in [0.15, 0.2) is 5.69 Å². The Hall–Kier alpha value is -2.49. The van der Waals surface area contributed by atoms with E-state index in [2.05, 4.69) is 4.85 Å². The quantitative estimate of drug-likeness (QED) is 0.729. The highest BCUT2D eigenvalue weighted by Crippen LogP contribution is 2.31. The molecule has 4 heteroatoms. The fourth-order valence-corrected chi connectivity index (χ4v) is 1.74. The van der Waals surface area contributed by atoms with Gasteiger partial charge in [0, 0.05) is 10.6 Å². The van der Waals surface area contributed by atoms with E-state index in [0.29, 0.717) is 27.8 Å². The minimum absolute atomic E-state index is 0.369. The molecule has 0 heterocycles. The summed E-state index contributed by atoms with van der Waals surface area (Å²) in [6, 6.07) is 12.0. The molecule has 0 bridgehead atoms. The molecular formula is C15H9ClN2O. The summed E-state index contributed by atoms with van der Waals surface area (Å²) >= 11 is 5.92. The van der Waals surface area contributed by atoms with Crippen molar-refractivity contribution >= 4 is 17.3 Å². The Labute approximate surface area is 116 Å². The molecule has 0 fully saturated rings. The second-order valence-electron chi connectivity index (χ2n) is 3.95. The van der Waals surface area contributed by atoms with E-state index in [9.17, 15) is 0 Å². The minimum atomic E-state index is 0.369. The van der Waals surface area contributed by atoms with E-state index in [0.717, 1.165) is 5.56 Å². The highest BCUT2D eigenvalue weighted by molar-refractivity contribution is 6.30. The Balaban J connectivity index is 2.41. The molecule has 0 saturated carbocycles. The molecule has 2 rings (SSSR count). The van der Waals surface area contributed by atoms with E-state index in [1.807, 2.05) is 19.1 Å². The second kappa shape index (κ2) is 5.44. The Morgan fingerprint density at radius 2 is 2.05 bits per heavy atom. The Kier molecular flexibility index (Phi) is 3.71. The third kappa shape index (κ3) is 3.04. The number of rotatable bonds is 2. The molecule has 0 aromatic heterocycles. The number of nitrogens with zero attached hydrogens (tertiary/aromatic N) is 2. The van der Waals surface area contributed by atoms with Crippen molar-refractivity contribution in [2.45, 2.75) is 6.92 Å². The van der Waals surface area contributed by atoms with Gasteiger partial charge >= 0.3 is 0 Å². The lowest BCUT2D eigenvalue weighted by Crippen LogP contribution is -1.88. The van der Waals surface area contributed by atoms with Gasteiger partial charge < -0.3 is 4.74 Å². The van der Waals surface area contributed by atoms with E-state index in [1.54, 1.807) is 24.3 Å². The number of aryl methyl sites for hydroxylation is 1. The maximum absolute atomic E-state index is 8.92. The zero-order chi connectivity index (χ0) is 13.8. The van der Waals surface area contributed by atoms with Crippen molar-refractivity contribution in [1.29, 1.82) is 5.26 Å². The van der Waals surface area contributed by atoms with Gasteiger partial charge in [0.05, 0.1) is 12.6 Å². The molecule has 2 aromatic carbocycles. The van der Waals surface area contributed by atoms with E-state index in [-0.39, 0.29) is 0 Å². The lowest BCUT2D eigenvalue weighted by Gasteiger charge is -2.09. The molecule has 0 N–H and O–H groups in total. The van der Waals surface area contributed by atoms with Crippen molar-refractivity contribution in [3.63, 3.8) is 0 Å². The van der Waals surface area contributed by atoms with Crippen molar-refractivity contribution in [1.82, 2.24) is 0 Å². The van der Waals surface area contributed by atoms with Gasteiger partial charge in [-0.05, 0) is 42.8 Å². The Morgan fingerprint density at radius 1 is 1.26 bits per heavy atom. The van der Waals surface area contributed by atoms with Crippen LogP contribution in [0.3, 0.4) is 0 Å². The molecule has 0 radical (unpaired) electrons. The molecule has 0 saturated heterocycles. The molecule has 3 nitrogen and oxygen atoms in total. The van der Waals surface area contributed by atoms with Crippen LogP contribution >= 0.6 is 11.6 Å². The summed E-state index contributed by atoms with van der Waals surface area (Å²) in [6.07, 6.45) is 0. The number of halogens is 1. The number of hydrogen-bond donors (Lipinski definition) is 0. The summed E-state index contributed by atoms with van der Waals surface area (Å²) in [4.78, 5) is 3.31. The second-order valence-corrected chi connectivity index (χ2v) is 4.39. The maximum atomic E-state index is 8.92. The third-order valence-electron chi connectivity index (χ3n) is 2.53. The molecule has 19 heavy (non-hydrogen) atoms. The van der Waals surface area contributed by atoms with Gasteiger partial charge in [-0.15, -0.1) is 0 Å². The first kappa shape index (κ1) is 13.0. The fourth-order valence-electron chi connectivity index (χ4n) is 1.58. The largest absolute Gasteiger partial charge is 0.458 e. The standard InChI is InChI=1S/C15H9ClN2O/c1-10-3-4-12(16)7-15(10)19-14-6-11(9-17)5-13(8-14)18-2/h3-8H,1H3. The average molecular weight is 269 g/mol. The summed E-state index contributed by atoms with van der Waals surface area (Å²) in [5.41, 5.74) is 1.69. The Morgan fingerprint density at radius 3 is 2.74 bits per heavy atom. The zero-order valence-corrected chi connectivity index (χ0v) is 10.9. The fraction of sp³-hybridized carbons (Fsp3) is 0.0667. The van der Waals surface area contributed by atoms with Crippen molar-refractivity contribution in [2.75, 3.05) is 0 Å². The van der Waals surface area contributed by atoms with Crippen LogP contribution in [0.4, 0.5) is 5.69 Å². The number of ether oxygens (including phenoxy) is 1. The monoisotopic (exact) mass is 268 g/mol. The van der Waals surface area contributed by atoms with Crippen LogP contribution < -0.4 is 4.74 Å².